The van der Waals surface area contributed by atoms with Gasteiger partial charge in [0.1, 0.15) is 12.4 Å². The third-order valence-electron chi connectivity index (χ3n) is 2.28. The normalized spacial score (nSPS) is 10.8. The molecule has 0 amide bonds. The number of nitrogens with zero attached hydrogens (tertiary/aromatic N) is 2. The van der Waals surface area contributed by atoms with Crippen LogP contribution in [0.4, 0.5) is 0 Å². The lowest BCUT2D eigenvalue weighted by Crippen LogP contribution is -1.98. The molecule has 5 nitrogen and oxygen atoms in total. The number of carbonyl (C=O) groups is 1. The van der Waals surface area contributed by atoms with Crippen molar-refractivity contribution in [3.63, 3.8) is 0 Å². The Morgan fingerprint density at radius 2 is 2.33 bits per heavy atom. The molecule has 0 aliphatic carbocycles. The van der Waals surface area contributed by atoms with Gasteiger partial charge in [-0.05, 0) is 18.6 Å². The lowest BCUT2D eigenvalue weighted by Gasteiger charge is -2.00. The number of aromatic nitrogens is 2. The number of pyridine rings is 1. The van der Waals surface area contributed by atoms with Crippen LogP contribution in [0.15, 0.2) is 18.3 Å². The van der Waals surface area contributed by atoms with Crippen molar-refractivity contribution in [3.05, 3.63) is 35.4 Å². The van der Waals surface area contributed by atoms with E-state index in [0.29, 0.717) is 11.3 Å². The van der Waals surface area contributed by atoms with E-state index in [0.717, 1.165) is 5.56 Å². The van der Waals surface area contributed by atoms with E-state index in [1.165, 1.54) is 0 Å². The summed E-state index contributed by atoms with van der Waals surface area (Å²) >= 11 is 0. The predicted octanol–water partition coefficient (Wildman–Crippen LogP) is 0.833. The molecule has 0 atom stereocenters. The van der Waals surface area contributed by atoms with E-state index >= 15 is 0 Å². The van der Waals surface area contributed by atoms with Gasteiger partial charge < -0.3 is 14.6 Å². The molecule has 0 radical (unpaired) electrons. The smallest absolute Gasteiger partial charge is 0.356 e. The Kier molecular flexibility index (Phi) is 2.17. The van der Waals surface area contributed by atoms with Gasteiger partial charge in [0.15, 0.2) is 5.69 Å². The van der Waals surface area contributed by atoms with Crippen LogP contribution in [0, 0.1) is 6.92 Å². The molecule has 0 saturated carbocycles. The molecular weight excluding hydrogens is 196 g/mol. The lowest BCUT2D eigenvalue weighted by atomic mass is 10.2. The number of aromatic carboxylic acids is 1. The summed E-state index contributed by atoms with van der Waals surface area (Å²) in [7, 11) is 0. The third-order valence-corrected chi connectivity index (χ3v) is 2.28. The monoisotopic (exact) mass is 206 g/mol. The predicted molar refractivity (Wildman–Crippen MR) is 52.8 cm³/mol. The van der Waals surface area contributed by atoms with Crippen LogP contribution in [0.3, 0.4) is 0 Å². The fourth-order valence-electron chi connectivity index (χ4n) is 1.63. The third kappa shape index (κ3) is 1.37. The van der Waals surface area contributed by atoms with Gasteiger partial charge in [0.2, 0.25) is 0 Å². The zero-order chi connectivity index (χ0) is 11.0. The topological polar surface area (TPSA) is 74.8 Å². The number of aliphatic hydroxyl groups excluding tert-OH is 1. The zero-order valence-corrected chi connectivity index (χ0v) is 8.14. The molecule has 0 aliphatic rings. The van der Waals surface area contributed by atoms with E-state index in [2.05, 4.69) is 4.98 Å². The van der Waals surface area contributed by atoms with Gasteiger partial charge in [0.05, 0.1) is 5.52 Å². The van der Waals surface area contributed by atoms with E-state index < -0.39 is 5.97 Å². The quantitative estimate of drug-likeness (QED) is 0.763. The molecule has 5 heteroatoms. The van der Waals surface area contributed by atoms with Crippen LogP contribution in [-0.2, 0) is 6.61 Å². The Morgan fingerprint density at radius 1 is 1.60 bits per heavy atom. The summed E-state index contributed by atoms with van der Waals surface area (Å²) in [6.45, 7) is 1.53. The van der Waals surface area contributed by atoms with Gasteiger partial charge >= 0.3 is 5.97 Å². The van der Waals surface area contributed by atoms with Crippen LogP contribution in [0.1, 0.15) is 21.9 Å². The highest BCUT2D eigenvalue weighted by atomic mass is 16.4. The highest BCUT2D eigenvalue weighted by Crippen LogP contribution is 2.17. The van der Waals surface area contributed by atoms with Crippen molar-refractivity contribution in [3.8, 4) is 0 Å². The van der Waals surface area contributed by atoms with E-state index in [1.807, 2.05) is 13.0 Å². The lowest BCUT2D eigenvalue weighted by molar-refractivity contribution is 0.0693. The molecule has 0 saturated heterocycles. The molecule has 0 aliphatic heterocycles. The maximum atomic E-state index is 10.9. The summed E-state index contributed by atoms with van der Waals surface area (Å²) in [5.74, 6) is -0.743. The molecule has 0 aromatic carbocycles. The van der Waals surface area contributed by atoms with Crippen molar-refractivity contribution in [2.24, 2.45) is 0 Å². The number of imidazole rings is 1. The molecular formula is C10H10N2O3. The SMILES string of the molecule is Cc1cccn2c(CO)nc(C(=O)O)c12. The van der Waals surface area contributed by atoms with Crippen LogP contribution in [0.25, 0.3) is 5.52 Å². The minimum absolute atomic E-state index is 0.0165. The van der Waals surface area contributed by atoms with Gasteiger partial charge in [-0.3, -0.25) is 0 Å². The zero-order valence-electron chi connectivity index (χ0n) is 8.14. The van der Waals surface area contributed by atoms with Crippen molar-refractivity contribution in [2.75, 3.05) is 0 Å². The highest BCUT2D eigenvalue weighted by molar-refractivity contribution is 5.94. The molecule has 0 spiro atoms. The molecule has 2 rings (SSSR count). The van der Waals surface area contributed by atoms with Gasteiger partial charge in [0, 0.05) is 6.20 Å². The van der Waals surface area contributed by atoms with Gasteiger partial charge in [-0.15, -0.1) is 0 Å². The van der Waals surface area contributed by atoms with Crippen molar-refractivity contribution < 1.29 is 15.0 Å². The highest BCUT2D eigenvalue weighted by Gasteiger charge is 2.17. The second-order valence-corrected chi connectivity index (χ2v) is 3.25. The molecule has 0 fully saturated rings. The van der Waals surface area contributed by atoms with E-state index in [-0.39, 0.29) is 12.3 Å². The summed E-state index contributed by atoms with van der Waals surface area (Å²) in [4.78, 5) is 14.8. The molecule has 0 unspecified atom stereocenters. The maximum Gasteiger partial charge on any atom is 0.356 e. The number of aryl methyl sites for hydroxylation is 1. The molecule has 0 bridgehead atoms. The van der Waals surface area contributed by atoms with Crippen LogP contribution in [0.2, 0.25) is 0 Å². The summed E-state index contributed by atoms with van der Waals surface area (Å²) < 4.78 is 1.60. The van der Waals surface area contributed by atoms with Crippen molar-refractivity contribution in [1.29, 1.82) is 0 Å². The van der Waals surface area contributed by atoms with Crippen LogP contribution in [0.5, 0.6) is 0 Å². The first-order valence-electron chi connectivity index (χ1n) is 4.46. The minimum Gasteiger partial charge on any atom is -0.476 e. The fourth-order valence-corrected chi connectivity index (χ4v) is 1.63. The molecule has 2 aromatic heterocycles. The first-order valence-corrected chi connectivity index (χ1v) is 4.46. The second-order valence-electron chi connectivity index (χ2n) is 3.25. The standard InChI is InChI=1S/C10H10N2O3/c1-6-3-2-4-12-7(5-13)11-8(9(6)12)10(14)15/h2-4,13H,5H2,1H3,(H,14,15). The van der Waals surface area contributed by atoms with Crippen LogP contribution >= 0.6 is 0 Å². The van der Waals surface area contributed by atoms with Gasteiger partial charge in [-0.1, -0.05) is 6.07 Å². The Hall–Kier alpha value is -1.88. The Bertz CT molecular complexity index is 531. The Balaban J connectivity index is 2.88. The van der Waals surface area contributed by atoms with E-state index in [9.17, 15) is 4.79 Å². The maximum absolute atomic E-state index is 10.9. The Morgan fingerprint density at radius 3 is 2.93 bits per heavy atom. The van der Waals surface area contributed by atoms with Crippen molar-refractivity contribution in [1.82, 2.24) is 9.38 Å². The van der Waals surface area contributed by atoms with Crippen LogP contribution in [-0.4, -0.2) is 25.6 Å². The van der Waals surface area contributed by atoms with Gasteiger partial charge in [-0.25, -0.2) is 9.78 Å². The van der Waals surface area contributed by atoms with Crippen molar-refractivity contribution >= 4 is 11.5 Å². The number of hydrogen-bond acceptors (Lipinski definition) is 3. The first-order chi connectivity index (χ1) is 7.15. The second kappa shape index (κ2) is 3.36. The average Bonchev–Trinajstić information content (AvgIpc) is 2.58. The minimum atomic E-state index is -1.08. The van der Waals surface area contributed by atoms with Gasteiger partial charge in [0.25, 0.3) is 0 Å². The van der Waals surface area contributed by atoms with Crippen LogP contribution < -0.4 is 0 Å². The molecule has 78 valence electrons. The number of carboxylic acids is 1. The Labute approximate surface area is 85.6 Å². The number of carboxylic acid groups (broad SMARTS) is 1. The molecule has 2 heterocycles. The van der Waals surface area contributed by atoms with E-state index in [1.54, 1.807) is 16.7 Å². The largest absolute Gasteiger partial charge is 0.476 e. The van der Waals surface area contributed by atoms with Crippen molar-refractivity contribution in [2.45, 2.75) is 13.5 Å². The molecule has 2 N–H and O–H groups in total. The molecule has 2 aromatic rings. The first kappa shape index (κ1) is 9.67. The summed E-state index contributed by atoms with van der Waals surface area (Å²) in [6, 6.07) is 3.60. The number of aliphatic hydroxyl groups is 1. The van der Waals surface area contributed by atoms with E-state index in [4.69, 9.17) is 10.2 Å². The number of fused-ring (bicyclic) bond motifs is 1. The summed E-state index contributed by atoms with van der Waals surface area (Å²) in [5, 5.41) is 18.0. The molecule has 15 heavy (non-hydrogen) atoms. The van der Waals surface area contributed by atoms with Gasteiger partial charge in [-0.2, -0.15) is 0 Å². The summed E-state index contributed by atoms with van der Waals surface area (Å²) in [6.07, 6.45) is 1.69. The fraction of sp³-hybridized carbons (Fsp3) is 0.200. The number of hydrogen-bond donors (Lipinski definition) is 2. The summed E-state index contributed by atoms with van der Waals surface area (Å²) in [5.41, 5.74) is 1.34. The average molecular weight is 206 g/mol. The number of rotatable bonds is 2.